The van der Waals surface area contributed by atoms with Crippen LogP contribution in [0.25, 0.3) is 0 Å². The number of methoxy groups -OCH3 is 1. The molecule has 2 aromatic carbocycles. The Kier molecular flexibility index (Phi) is 5.69. The van der Waals surface area contributed by atoms with Gasteiger partial charge in [0.15, 0.2) is 0 Å². The van der Waals surface area contributed by atoms with Crippen molar-refractivity contribution in [2.24, 2.45) is 4.99 Å². The lowest BCUT2D eigenvalue weighted by atomic mass is 9.79. The summed E-state index contributed by atoms with van der Waals surface area (Å²) in [6.45, 7) is 4.22. The average Bonchev–Trinajstić information content (AvgIpc) is 3.13. The van der Waals surface area contributed by atoms with Gasteiger partial charge in [-0.3, -0.25) is 19.5 Å². The molecule has 2 heterocycles. The number of hydrogen-bond acceptors (Lipinski definition) is 4. The van der Waals surface area contributed by atoms with Gasteiger partial charge in [0.1, 0.15) is 18.6 Å². The van der Waals surface area contributed by atoms with Crippen LogP contribution >= 0.6 is 0 Å². The van der Waals surface area contributed by atoms with Gasteiger partial charge in [0.2, 0.25) is 0 Å². The summed E-state index contributed by atoms with van der Waals surface area (Å²) in [4.78, 5) is 32.7. The Hall–Kier alpha value is -3.32. The van der Waals surface area contributed by atoms with Gasteiger partial charge < -0.3 is 10.1 Å². The van der Waals surface area contributed by atoms with Gasteiger partial charge in [-0.1, -0.05) is 29.8 Å². The minimum Gasteiger partial charge on any atom is -0.364 e. The van der Waals surface area contributed by atoms with Gasteiger partial charge in [-0.15, -0.1) is 0 Å². The number of rotatable bonds is 5. The van der Waals surface area contributed by atoms with Crippen molar-refractivity contribution in [3.8, 4) is 0 Å². The van der Waals surface area contributed by atoms with Crippen molar-refractivity contribution in [3.05, 3.63) is 82.3 Å². The maximum absolute atomic E-state index is 13.6. The molecule has 0 radical (unpaired) electrons. The van der Waals surface area contributed by atoms with Crippen LogP contribution in [0.5, 0.6) is 0 Å². The van der Waals surface area contributed by atoms with Crippen molar-refractivity contribution >= 4 is 17.5 Å². The van der Waals surface area contributed by atoms with E-state index in [4.69, 9.17) is 4.74 Å². The number of halogens is 1. The van der Waals surface area contributed by atoms with Crippen LogP contribution in [0.2, 0.25) is 0 Å². The number of aliphatic imine (C=N–C) groups is 1. The lowest BCUT2D eigenvalue weighted by Crippen LogP contribution is -2.55. The topological polar surface area (TPSA) is 71.0 Å². The Morgan fingerprint density at radius 2 is 1.97 bits per heavy atom. The lowest BCUT2D eigenvalue weighted by molar-refractivity contribution is -0.136. The monoisotopic (exact) mass is 421 g/mol. The predicted molar refractivity (Wildman–Crippen MR) is 115 cm³/mol. The van der Waals surface area contributed by atoms with E-state index in [0.29, 0.717) is 12.1 Å². The third kappa shape index (κ3) is 3.88. The number of nitrogens with zero attached hydrogens (tertiary/aromatic N) is 2. The summed E-state index contributed by atoms with van der Waals surface area (Å²) in [5.41, 5.74) is 4.60. The maximum atomic E-state index is 13.6. The molecule has 0 aliphatic carbocycles. The molecule has 0 bridgehead atoms. The van der Waals surface area contributed by atoms with E-state index >= 15 is 0 Å². The average molecular weight is 421 g/mol. The molecule has 0 unspecified atom stereocenters. The molecule has 7 heteroatoms. The van der Waals surface area contributed by atoms with E-state index in [1.165, 1.54) is 24.1 Å². The number of aryl methyl sites for hydroxylation is 1. The van der Waals surface area contributed by atoms with E-state index in [9.17, 15) is 14.0 Å². The van der Waals surface area contributed by atoms with Gasteiger partial charge in [-0.25, -0.2) is 4.39 Å². The summed E-state index contributed by atoms with van der Waals surface area (Å²) in [6.07, 6.45) is 0. The van der Waals surface area contributed by atoms with Crippen molar-refractivity contribution < 1.29 is 18.7 Å². The van der Waals surface area contributed by atoms with E-state index in [2.05, 4.69) is 10.3 Å². The summed E-state index contributed by atoms with van der Waals surface area (Å²) in [6, 6.07) is 12.3. The number of carbonyl (C=O) groups is 2. The molecule has 4 rings (SSSR count). The van der Waals surface area contributed by atoms with Crippen molar-refractivity contribution in [1.82, 2.24) is 10.2 Å². The summed E-state index contributed by atoms with van der Waals surface area (Å²) >= 11 is 0. The Morgan fingerprint density at radius 1 is 1.23 bits per heavy atom. The molecule has 2 aliphatic heterocycles. The normalized spacial score (nSPS) is 20.6. The van der Waals surface area contributed by atoms with E-state index in [-0.39, 0.29) is 24.4 Å². The third-order valence-corrected chi connectivity index (χ3v) is 5.72. The highest BCUT2D eigenvalue weighted by atomic mass is 19.1. The zero-order chi connectivity index (χ0) is 22.1. The number of carbonyl (C=O) groups excluding carboxylic acids is 2. The predicted octanol–water partition coefficient (Wildman–Crippen LogP) is 3.19. The quantitative estimate of drug-likeness (QED) is 0.806. The molecule has 2 amide bonds. The van der Waals surface area contributed by atoms with Crippen molar-refractivity contribution in [1.29, 1.82) is 0 Å². The summed E-state index contributed by atoms with van der Waals surface area (Å²) in [5.74, 6) is -1.46. The highest BCUT2D eigenvalue weighted by Crippen LogP contribution is 2.40. The van der Waals surface area contributed by atoms with Crippen molar-refractivity contribution in [3.63, 3.8) is 0 Å². The molecule has 0 fully saturated rings. The molecule has 0 spiro atoms. The van der Waals surface area contributed by atoms with Crippen LogP contribution in [-0.2, 0) is 9.53 Å². The van der Waals surface area contributed by atoms with Crippen LogP contribution in [0, 0.1) is 12.7 Å². The van der Waals surface area contributed by atoms with Crippen LogP contribution in [0.15, 0.2) is 64.8 Å². The van der Waals surface area contributed by atoms with Gasteiger partial charge in [0, 0.05) is 29.9 Å². The Balaban J connectivity index is 1.79. The van der Waals surface area contributed by atoms with E-state index in [0.717, 1.165) is 28.1 Å². The van der Waals surface area contributed by atoms with Crippen LogP contribution in [0.1, 0.15) is 34.3 Å². The highest BCUT2D eigenvalue weighted by Gasteiger charge is 2.45. The number of hydrogen-bond donors (Lipinski definition) is 1. The molecule has 6 nitrogen and oxygen atoms in total. The molecular weight excluding hydrogens is 397 g/mol. The molecule has 2 atom stereocenters. The van der Waals surface area contributed by atoms with Crippen molar-refractivity contribution in [2.45, 2.75) is 25.8 Å². The smallest absolute Gasteiger partial charge is 0.252 e. The van der Waals surface area contributed by atoms with E-state index < -0.39 is 12.0 Å². The molecule has 1 N–H and O–H groups in total. The standard InChI is InChI=1S/C24H24FN3O3/c1-14-5-4-6-17(11-14)23(29)27-22-21(16-7-9-18(25)10-8-16)20-15(2)26-12-19(20)28(13-31-3)24(22)30/h4-11,21-22H,12-13H2,1-3H3,(H,27,29)/t21-,22-/m0/s1. The van der Waals surface area contributed by atoms with Crippen LogP contribution in [0.3, 0.4) is 0 Å². The van der Waals surface area contributed by atoms with Crippen LogP contribution < -0.4 is 5.32 Å². The summed E-state index contributed by atoms with van der Waals surface area (Å²) < 4.78 is 18.9. The minimum absolute atomic E-state index is 0.0629. The first-order chi connectivity index (χ1) is 14.9. The Bertz CT molecular complexity index is 1090. The van der Waals surface area contributed by atoms with Gasteiger partial charge in [0.05, 0.1) is 12.2 Å². The summed E-state index contributed by atoms with van der Waals surface area (Å²) in [7, 11) is 1.52. The second-order valence-corrected chi connectivity index (χ2v) is 7.80. The fourth-order valence-corrected chi connectivity index (χ4v) is 4.27. The first kappa shape index (κ1) is 20.9. The lowest BCUT2D eigenvalue weighted by Gasteiger charge is -2.39. The zero-order valence-corrected chi connectivity index (χ0v) is 17.7. The van der Waals surface area contributed by atoms with Gasteiger partial charge in [-0.2, -0.15) is 0 Å². The van der Waals surface area contributed by atoms with E-state index in [1.54, 1.807) is 30.3 Å². The van der Waals surface area contributed by atoms with Gasteiger partial charge in [-0.05, 0) is 43.7 Å². The first-order valence-electron chi connectivity index (χ1n) is 10.1. The zero-order valence-electron chi connectivity index (χ0n) is 17.7. The fraction of sp³-hybridized carbons (Fsp3) is 0.292. The SMILES string of the molecule is COCN1C(=O)[C@@H](NC(=O)c2cccc(C)c2)[C@@H](c2ccc(F)cc2)C2=C1CN=C2C. The number of amides is 2. The van der Waals surface area contributed by atoms with Crippen LogP contribution in [-0.4, -0.2) is 48.9 Å². The summed E-state index contributed by atoms with van der Waals surface area (Å²) in [5, 5.41) is 2.93. The second-order valence-electron chi connectivity index (χ2n) is 7.80. The Morgan fingerprint density at radius 3 is 2.65 bits per heavy atom. The Labute approximate surface area is 180 Å². The van der Waals surface area contributed by atoms with Gasteiger partial charge >= 0.3 is 0 Å². The molecule has 0 aromatic heterocycles. The maximum Gasteiger partial charge on any atom is 0.252 e. The highest BCUT2D eigenvalue weighted by molar-refractivity contribution is 6.07. The number of nitrogens with one attached hydrogen (secondary N) is 1. The van der Waals surface area contributed by atoms with Crippen molar-refractivity contribution in [2.75, 3.05) is 20.4 Å². The number of benzene rings is 2. The molecule has 2 aliphatic rings. The molecule has 0 saturated heterocycles. The second kappa shape index (κ2) is 8.43. The molecular formula is C24H24FN3O3. The third-order valence-electron chi connectivity index (χ3n) is 5.72. The molecule has 160 valence electrons. The number of ether oxygens (including phenoxy) is 1. The largest absolute Gasteiger partial charge is 0.364 e. The first-order valence-corrected chi connectivity index (χ1v) is 10.1. The minimum atomic E-state index is -0.879. The van der Waals surface area contributed by atoms with Gasteiger partial charge in [0.25, 0.3) is 11.8 Å². The molecule has 31 heavy (non-hydrogen) atoms. The van der Waals surface area contributed by atoms with E-state index in [1.807, 2.05) is 19.9 Å². The molecule has 2 aromatic rings. The fourth-order valence-electron chi connectivity index (χ4n) is 4.27. The van der Waals surface area contributed by atoms with Crippen LogP contribution in [0.4, 0.5) is 4.39 Å². The molecule has 0 saturated carbocycles.